The zero-order chi connectivity index (χ0) is 34.0. The van der Waals surface area contributed by atoms with Crippen LogP contribution in [0.25, 0.3) is 0 Å². The second kappa shape index (κ2) is 25.4. The summed E-state index contributed by atoms with van der Waals surface area (Å²) >= 11 is 0. The molecule has 1 aliphatic carbocycles. The number of ether oxygens (including phenoxy) is 1. The van der Waals surface area contributed by atoms with Gasteiger partial charge in [-0.2, -0.15) is 0 Å². The number of benzene rings is 1. The Bertz CT molecular complexity index is 1160. The van der Waals surface area contributed by atoms with Gasteiger partial charge in [-0.1, -0.05) is 112 Å². The van der Waals surface area contributed by atoms with Crippen LogP contribution < -0.4 is 10.6 Å². The lowest BCUT2D eigenvalue weighted by molar-refractivity contribution is -0.148. The van der Waals surface area contributed by atoms with Gasteiger partial charge >= 0.3 is 5.97 Å². The molecule has 0 heterocycles. The van der Waals surface area contributed by atoms with Crippen LogP contribution in [0.2, 0.25) is 0 Å². The third kappa shape index (κ3) is 18.9. The van der Waals surface area contributed by atoms with Crippen LogP contribution in [0, 0.1) is 17.8 Å². The standard InChI is InChI=1S/C41H60N2O4/c1-4-5-6-7-8-9-10-11-12-13-14-15-16-17-18-19-23-26-39(44)42-31-32-47-41(46)38(33-35-24-21-20-22-25-35)43-40(45)37-29-27-36(28-30-37)34(2)3/h5-6,8-9,11-12,14-15,17-18,20-22,24-25,34,36-38H,4,7,10,13,16,19,23,26-33H2,1-3H3,(H,42,44)(H,43,45)/b6-5-,9-8-,12-11-,15-14-,18-17-/t36?,37?,38-/m1/s1. The van der Waals surface area contributed by atoms with Crippen LogP contribution in [0.3, 0.4) is 0 Å². The van der Waals surface area contributed by atoms with E-state index in [1.165, 1.54) is 0 Å². The highest BCUT2D eigenvalue weighted by molar-refractivity contribution is 5.86. The number of carbonyl (C=O) groups is 3. The van der Waals surface area contributed by atoms with E-state index in [9.17, 15) is 14.4 Å². The minimum absolute atomic E-state index is 0.0560. The molecule has 1 atom stereocenters. The molecule has 258 valence electrons. The third-order valence-electron chi connectivity index (χ3n) is 8.57. The molecule has 47 heavy (non-hydrogen) atoms. The topological polar surface area (TPSA) is 84.5 Å². The largest absolute Gasteiger partial charge is 0.462 e. The van der Waals surface area contributed by atoms with Crippen LogP contribution in [0.5, 0.6) is 0 Å². The summed E-state index contributed by atoms with van der Waals surface area (Å²) < 4.78 is 5.51. The summed E-state index contributed by atoms with van der Waals surface area (Å²) in [4.78, 5) is 38.4. The molecule has 0 saturated heterocycles. The van der Waals surface area contributed by atoms with E-state index in [4.69, 9.17) is 4.74 Å². The molecule has 0 aliphatic heterocycles. The Morgan fingerprint density at radius 2 is 1.38 bits per heavy atom. The second-order valence-corrected chi connectivity index (χ2v) is 12.7. The Kier molecular flexibility index (Phi) is 21.4. The molecule has 1 fully saturated rings. The lowest BCUT2D eigenvalue weighted by Gasteiger charge is -2.31. The first kappa shape index (κ1) is 39.5. The van der Waals surface area contributed by atoms with Crippen molar-refractivity contribution in [3.8, 4) is 0 Å². The number of esters is 1. The molecular weight excluding hydrogens is 584 g/mol. The lowest BCUT2D eigenvalue weighted by atomic mass is 9.76. The van der Waals surface area contributed by atoms with Crippen molar-refractivity contribution in [3.05, 3.63) is 96.7 Å². The highest BCUT2D eigenvalue weighted by Gasteiger charge is 2.31. The van der Waals surface area contributed by atoms with Crippen molar-refractivity contribution in [2.75, 3.05) is 13.2 Å². The van der Waals surface area contributed by atoms with E-state index >= 15 is 0 Å². The first-order chi connectivity index (χ1) is 22.9. The molecule has 1 aromatic carbocycles. The van der Waals surface area contributed by atoms with Crippen molar-refractivity contribution in [1.29, 1.82) is 0 Å². The highest BCUT2D eigenvalue weighted by atomic mass is 16.5. The van der Waals surface area contributed by atoms with Crippen LogP contribution >= 0.6 is 0 Å². The fourth-order valence-electron chi connectivity index (χ4n) is 5.66. The minimum Gasteiger partial charge on any atom is -0.462 e. The van der Waals surface area contributed by atoms with Crippen LogP contribution in [0.15, 0.2) is 91.1 Å². The summed E-state index contributed by atoms with van der Waals surface area (Å²) in [5.41, 5.74) is 0.957. The van der Waals surface area contributed by atoms with Gasteiger partial charge < -0.3 is 15.4 Å². The maximum Gasteiger partial charge on any atom is 0.329 e. The normalized spacial score (nSPS) is 17.8. The van der Waals surface area contributed by atoms with E-state index in [0.717, 1.165) is 76.2 Å². The van der Waals surface area contributed by atoms with Gasteiger partial charge in [-0.3, -0.25) is 9.59 Å². The van der Waals surface area contributed by atoms with Gasteiger partial charge in [0.15, 0.2) is 0 Å². The molecule has 0 spiro atoms. The molecule has 2 amide bonds. The van der Waals surface area contributed by atoms with Crippen LogP contribution in [0.4, 0.5) is 0 Å². The number of rotatable bonds is 22. The van der Waals surface area contributed by atoms with Crippen molar-refractivity contribution in [2.24, 2.45) is 17.8 Å². The monoisotopic (exact) mass is 644 g/mol. The lowest BCUT2D eigenvalue weighted by Crippen LogP contribution is -2.46. The average Bonchev–Trinajstić information content (AvgIpc) is 3.08. The minimum atomic E-state index is -0.758. The molecule has 2 rings (SSSR count). The van der Waals surface area contributed by atoms with Gasteiger partial charge in [-0.15, -0.1) is 0 Å². The van der Waals surface area contributed by atoms with E-state index in [-0.39, 0.29) is 30.9 Å². The summed E-state index contributed by atoms with van der Waals surface area (Å²) in [6, 6.07) is 8.90. The van der Waals surface area contributed by atoms with Crippen molar-refractivity contribution in [2.45, 2.75) is 110 Å². The Balaban J connectivity index is 1.60. The number of carbonyl (C=O) groups excluding carboxylic acids is 3. The van der Waals surface area contributed by atoms with Crippen LogP contribution in [-0.4, -0.2) is 37.0 Å². The van der Waals surface area contributed by atoms with E-state index in [1.807, 2.05) is 30.3 Å². The number of nitrogens with one attached hydrogen (secondary N) is 2. The molecule has 6 heteroatoms. The predicted molar refractivity (Wildman–Crippen MR) is 195 cm³/mol. The Labute approximate surface area is 284 Å². The van der Waals surface area contributed by atoms with Gasteiger partial charge in [0.1, 0.15) is 12.6 Å². The molecule has 1 aromatic rings. The molecule has 0 unspecified atom stereocenters. The maximum absolute atomic E-state index is 13.1. The smallest absolute Gasteiger partial charge is 0.329 e. The first-order valence-electron chi connectivity index (χ1n) is 17.9. The molecule has 2 N–H and O–H groups in total. The fourth-order valence-corrected chi connectivity index (χ4v) is 5.66. The molecule has 0 aromatic heterocycles. The van der Waals surface area contributed by atoms with Gasteiger partial charge in [0, 0.05) is 18.8 Å². The Morgan fingerprint density at radius 3 is 1.96 bits per heavy atom. The molecule has 0 radical (unpaired) electrons. The summed E-state index contributed by atoms with van der Waals surface area (Å²) in [6.07, 6.45) is 32.8. The van der Waals surface area contributed by atoms with E-state index in [1.54, 1.807) is 0 Å². The quantitative estimate of drug-likeness (QED) is 0.0751. The van der Waals surface area contributed by atoms with E-state index in [0.29, 0.717) is 24.7 Å². The van der Waals surface area contributed by atoms with E-state index < -0.39 is 12.0 Å². The van der Waals surface area contributed by atoms with E-state index in [2.05, 4.69) is 92.2 Å². The number of amides is 2. The van der Waals surface area contributed by atoms with Crippen LogP contribution in [0.1, 0.15) is 103 Å². The Hall–Kier alpha value is -3.67. The van der Waals surface area contributed by atoms with Crippen LogP contribution in [-0.2, 0) is 25.5 Å². The summed E-state index contributed by atoms with van der Waals surface area (Å²) in [7, 11) is 0. The Morgan fingerprint density at radius 1 is 0.809 bits per heavy atom. The van der Waals surface area contributed by atoms with Gasteiger partial charge in [0.05, 0.1) is 6.54 Å². The highest BCUT2D eigenvalue weighted by Crippen LogP contribution is 2.33. The second-order valence-electron chi connectivity index (χ2n) is 12.7. The first-order valence-corrected chi connectivity index (χ1v) is 17.9. The number of hydrogen-bond donors (Lipinski definition) is 2. The van der Waals surface area contributed by atoms with Gasteiger partial charge in [0.25, 0.3) is 0 Å². The fraction of sp³-hybridized carbons (Fsp3) is 0.537. The summed E-state index contributed by atoms with van der Waals surface area (Å²) in [5.74, 6) is 0.641. The number of allylic oxidation sites excluding steroid dienone is 10. The summed E-state index contributed by atoms with van der Waals surface area (Å²) in [6.45, 7) is 6.95. The molecule has 1 saturated carbocycles. The van der Waals surface area contributed by atoms with Crippen molar-refractivity contribution < 1.29 is 19.1 Å². The zero-order valence-corrected chi connectivity index (χ0v) is 29.2. The van der Waals surface area contributed by atoms with Gasteiger partial charge in [-0.05, 0) is 88.0 Å². The number of hydrogen-bond acceptors (Lipinski definition) is 4. The molecule has 0 bridgehead atoms. The van der Waals surface area contributed by atoms with Crippen molar-refractivity contribution in [1.82, 2.24) is 10.6 Å². The zero-order valence-electron chi connectivity index (χ0n) is 29.2. The van der Waals surface area contributed by atoms with Gasteiger partial charge in [-0.25, -0.2) is 4.79 Å². The van der Waals surface area contributed by atoms with Crippen molar-refractivity contribution >= 4 is 17.8 Å². The molecule has 6 nitrogen and oxygen atoms in total. The predicted octanol–water partition coefficient (Wildman–Crippen LogP) is 8.76. The molecular formula is C41H60N2O4. The third-order valence-corrected chi connectivity index (χ3v) is 8.57. The van der Waals surface area contributed by atoms with Crippen molar-refractivity contribution in [3.63, 3.8) is 0 Å². The average molecular weight is 645 g/mol. The SMILES string of the molecule is CC/C=C\C/C=C\C/C=C\C/C=C\C/C=C\CCCC(=O)NCCOC(=O)[C@@H](Cc1ccccc1)NC(=O)C1CCC(C(C)C)CC1. The van der Waals surface area contributed by atoms with Gasteiger partial charge in [0.2, 0.25) is 11.8 Å². The molecule has 1 aliphatic rings. The summed E-state index contributed by atoms with van der Waals surface area (Å²) in [5, 5.41) is 5.82. The number of unbranched alkanes of at least 4 members (excludes halogenated alkanes) is 1. The maximum atomic E-state index is 13.1.